The Balaban J connectivity index is 0.000000532. The van der Waals surface area contributed by atoms with Crippen LogP contribution in [0.15, 0.2) is 48.7 Å². The topological polar surface area (TPSA) is 148 Å². The summed E-state index contributed by atoms with van der Waals surface area (Å²) >= 11 is 0. The molecule has 0 spiro atoms. The van der Waals surface area contributed by atoms with Gasteiger partial charge in [0.1, 0.15) is 11.6 Å². The predicted molar refractivity (Wildman–Crippen MR) is 129 cm³/mol. The maximum atomic E-state index is 13.5. The van der Waals surface area contributed by atoms with Gasteiger partial charge in [-0.15, -0.1) is 0 Å². The third-order valence-corrected chi connectivity index (χ3v) is 5.03. The number of fused-ring (bicyclic) bond motifs is 1. The molecule has 0 saturated heterocycles. The van der Waals surface area contributed by atoms with Gasteiger partial charge in [-0.2, -0.15) is 23.4 Å². The smallest absolute Gasteiger partial charge is 0.475 e. The quantitative estimate of drug-likeness (QED) is 0.183. The number of aromatic nitrogens is 4. The number of amides is 1. The van der Waals surface area contributed by atoms with Crippen molar-refractivity contribution in [3.63, 3.8) is 0 Å². The Morgan fingerprint density at radius 3 is 2.38 bits per heavy atom. The second kappa shape index (κ2) is 12.9. The molecule has 0 aliphatic rings. The van der Waals surface area contributed by atoms with E-state index in [2.05, 4.69) is 20.6 Å². The number of hydrogen-bond donors (Lipinski definition) is 4. The molecule has 2 aromatic carbocycles. The number of ether oxygens (including phenoxy) is 1. The van der Waals surface area contributed by atoms with Gasteiger partial charge in [-0.1, -0.05) is 6.07 Å². The SMILES string of the molecule is NCCOCCn1ccc(C(=O)Nc2n[nH]c3ccc(Cc4cc(F)cc(F)c4)cc23)n1.O=C(O)C(F)(F)F. The third kappa shape index (κ3) is 8.58. The zero-order valence-corrected chi connectivity index (χ0v) is 20.1. The molecule has 0 fully saturated rings. The van der Waals surface area contributed by atoms with E-state index >= 15 is 0 Å². The van der Waals surface area contributed by atoms with E-state index in [1.807, 2.05) is 12.1 Å². The van der Waals surface area contributed by atoms with Crippen molar-refractivity contribution in [3.05, 3.63) is 77.1 Å². The second-order valence-corrected chi connectivity index (χ2v) is 8.03. The molecule has 1 amide bonds. The number of nitrogens with two attached hydrogens (primary N) is 1. The fraction of sp³-hybridized carbons (Fsp3) is 0.250. The van der Waals surface area contributed by atoms with Gasteiger partial charge in [0.2, 0.25) is 0 Å². The van der Waals surface area contributed by atoms with Crippen molar-refractivity contribution in [1.82, 2.24) is 20.0 Å². The molecule has 5 N–H and O–H groups in total. The molecular weight excluding hydrogens is 531 g/mol. The lowest BCUT2D eigenvalue weighted by Gasteiger charge is -2.05. The first-order chi connectivity index (χ1) is 18.5. The van der Waals surface area contributed by atoms with Crippen LogP contribution in [0.5, 0.6) is 0 Å². The normalized spacial score (nSPS) is 11.2. The minimum atomic E-state index is -5.08. The fourth-order valence-corrected chi connectivity index (χ4v) is 3.34. The van der Waals surface area contributed by atoms with Gasteiger partial charge in [-0.05, 0) is 47.9 Å². The Labute approximate surface area is 217 Å². The molecular formula is C24H23F5N6O4. The predicted octanol–water partition coefficient (Wildman–Crippen LogP) is 3.49. The lowest BCUT2D eigenvalue weighted by molar-refractivity contribution is -0.192. The Kier molecular flexibility index (Phi) is 9.68. The van der Waals surface area contributed by atoms with E-state index in [-0.39, 0.29) is 5.69 Å². The molecule has 0 radical (unpaired) electrons. The highest BCUT2D eigenvalue weighted by Gasteiger charge is 2.38. The van der Waals surface area contributed by atoms with E-state index in [1.54, 1.807) is 23.0 Å². The molecule has 15 heteroatoms. The Morgan fingerprint density at radius 1 is 1.05 bits per heavy atom. The van der Waals surface area contributed by atoms with Crippen molar-refractivity contribution in [2.24, 2.45) is 5.73 Å². The summed E-state index contributed by atoms with van der Waals surface area (Å²) in [6.07, 6.45) is -3.06. The van der Waals surface area contributed by atoms with Crippen LogP contribution in [0.2, 0.25) is 0 Å². The number of alkyl halides is 3. The van der Waals surface area contributed by atoms with Gasteiger partial charge in [0.05, 0.1) is 25.3 Å². The fourth-order valence-electron chi connectivity index (χ4n) is 3.34. The van der Waals surface area contributed by atoms with Crippen molar-refractivity contribution in [2.75, 3.05) is 25.1 Å². The van der Waals surface area contributed by atoms with Crippen LogP contribution < -0.4 is 11.1 Å². The van der Waals surface area contributed by atoms with Crippen LogP contribution in [0.4, 0.5) is 27.8 Å². The van der Waals surface area contributed by atoms with Crippen LogP contribution in [-0.4, -0.2) is 62.9 Å². The van der Waals surface area contributed by atoms with Crippen molar-refractivity contribution < 1.29 is 41.4 Å². The first-order valence-corrected chi connectivity index (χ1v) is 11.3. The lowest BCUT2D eigenvalue weighted by Crippen LogP contribution is -2.21. The first-order valence-electron chi connectivity index (χ1n) is 11.3. The Bertz CT molecular complexity index is 1420. The molecule has 2 heterocycles. The summed E-state index contributed by atoms with van der Waals surface area (Å²) in [4.78, 5) is 21.5. The van der Waals surface area contributed by atoms with Gasteiger partial charge in [-0.25, -0.2) is 13.6 Å². The number of carbonyl (C=O) groups is 2. The van der Waals surface area contributed by atoms with Crippen LogP contribution in [0, 0.1) is 11.6 Å². The molecule has 0 atom stereocenters. The molecule has 0 aliphatic heterocycles. The number of aliphatic carboxylic acids is 1. The number of nitrogens with one attached hydrogen (secondary N) is 2. The third-order valence-electron chi connectivity index (χ3n) is 5.03. The van der Waals surface area contributed by atoms with E-state index in [0.29, 0.717) is 49.5 Å². The molecule has 2 aromatic heterocycles. The molecule has 4 aromatic rings. The van der Waals surface area contributed by atoms with E-state index in [9.17, 15) is 26.7 Å². The number of carbonyl (C=O) groups excluding carboxylic acids is 1. The molecule has 0 bridgehead atoms. The van der Waals surface area contributed by atoms with Gasteiger partial charge >= 0.3 is 12.1 Å². The van der Waals surface area contributed by atoms with E-state index < -0.39 is 29.7 Å². The van der Waals surface area contributed by atoms with E-state index in [4.69, 9.17) is 20.4 Å². The van der Waals surface area contributed by atoms with Crippen molar-refractivity contribution in [3.8, 4) is 0 Å². The highest BCUT2D eigenvalue weighted by Crippen LogP contribution is 2.24. The number of hydrogen-bond acceptors (Lipinski definition) is 6. The number of benzene rings is 2. The summed E-state index contributed by atoms with van der Waals surface area (Å²) in [5, 5.41) is 21.8. The van der Waals surface area contributed by atoms with Gasteiger partial charge in [-0.3, -0.25) is 14.6 Å². The summed E-state index contributed by atoms with van der Waals surface area (Å²) in [7, 11) is 0. The standard InChI is InChI=1S/C22H22F2N6O2.C2HF3O2/c23-16-10-15(11-17(24)13-16)9-14-1-2-19-18(12-14)21(28-27-19)26-22(31)20-3-5-30(29-20)6-8-32-7-4-25;3-2(4,5)1(6)7/h1-3,5,10-13H,4,6-9,25H2,(H2,26,27,28,31);(H,6,7). The molecule has 208 valence electrons. The number of rotatable bonds is 9. The average molecular weight is 554 g/mol. The maximum absolute atomic E-state index is 13.5. The number of H-pyrrole nitrogens is 1. The number of anilines is 1. The van der Waals surface area contributed by atoms with Crippen molar-refractivity contribution >= 4 is 28.6 Å². The summed E-state index contributed by atoms with van der Waals surface area (Å²) in [6.45, 7) is 1.87. The van der Waals surface area contributed by atoms with Gasteiger partial charge in [0.25, 0.3) is 5.91 Å². The lowest BCUT2D eigenvalue weighted by atomic mass is 10.0. The monoisotopic (exact) mass is 554 g/mol. The summed E-state index contributed by atoms with van der Waals surface area (Å²) in [5.74, 6) is -4.06. The first kappa shape index (κ1) is 29.2. The van der Waals surface area contributed by atoms with E-state index in [1.165, 1.54) is 12.1 Å². The van der Waals surface area contributed by atoms with Crippen LogP contribution in [0.3, 0.4) is 0 Å². The molecule has 39 heavy (non-hydrogen) atoms. The highest BCUT2D eigenvalue weighted by molar-refractivity contribution is 6.06. The summed E-state index contributed by atoms with van der Waals surface area (Å²) < 4.78 is 65.6. The van der Waals surface area contributed by atoms with Gasteiger partial charge < -0.3 is 20.9 Å². The van der Waals surface area contributed by atoms with Crippen LogP contribution in [0.25, 0.3) is 10.9 Å². The van der Waals surface area contributed by atoms with Crippen molar-refractivity contribution in [1.29, 1.82) is 0 Å². The minimum absolute atomic E-state index is 0.242. The molecule has 10 nitrogen and oxygen atoms in total. The van der Waals surface area contributed by atoms with E-state index in [0.717, 1.165) is 17.1 Å². The molecule has 0 aliphatic carbocycles. The maximum Gasteiger partial charge on any atom is 0.490 e. The molecule has 0 unspecified atom stereocenters. The number of carboxylic acids is 1. The van der Waals surface area contributed by atoms with Gasteiger partial charge in [0.15, 0.2) is 11.5 Å². The van der Waals surface area contributed by atoms with Gasteiger partial charge in [0, 0.05) is 24.2 Å². The molecule has 4 rings (SSSR count). The number of aromatic amines is 1. The summed E-state index contributed by atoms with van der Waals surface area (Å²) in [6, 6.07) is 10.5. The highest BCUT2D eigenvalue weighted by atomic mass is 19.4. The van der Waals surface area contributed by atoms with Crippen LogP contribution in [-0.2, 0) is 22.5 Å². The summed E-state index contributed by atoms with van der Waals surface area (Å²) in [5.41, 5.74) is 7.67. The molecule has 0 saturated carbocycles. The second-order valence-electron chi connectivity index (χ2n) is 8.03. The van der Waals surface area contributed by atoms with Crippen LogP contribution >= 0.6 is 0 Å². The number of nitrogens with zero attached hydrogens (tertiary/aromatic N) is 3. The Morgan fingerprint density at radius 2 is 1.74 bits per heavy atom. The van der Waals surface area contributed by atoms with Crippen LogP contribution in [0.1, 0.15) is 21.6 Å². The zero-order chi connectivity index (χ0) is 28.6. The number of carboxylic acid groups (broad SMARTS) is 1. The van der Waals surface area contributed by atoms with Crippen molar-refractivity contribution in [2.45, 2.75) is 19.1 Å². The largest absolute Gasteiger partial charge is 0.490 e. The number of halogens is 5. The average Bonchev–Trinajstić information content (AvgIpc) is 3.48. The minimum Gasteiger partial charge on any atom is -0.475 e. The zero-order valence-electron chi connectivity index (χ0n) is 20.1. The Hall–Kier alpha value is -4.37.